The number of halogens is 2. The normalized spacial score (nSPS) is 10.0. The van der Waals surface area contributed by atoms with Crippen LogP contribution in [-0.4, -0.2) is 9.13 Å². The van der Waals surface area contributed by atoms with Crippen LogP contribution in [0.5, 0.6) is 0 Å². The summed E-state index contributed by atoms with van der Waals surface area (Å²) in [5.74, 6) is 0. The zero-order valence-electron chi connectivity index (χ0n) is 15.4. The van der Waals surface area contributed by atoms with Gasteiger partial charge >= 0.3 is 0 Å². The fourth-order valence-electron chi connectivity index (χ4n) is 2.86. The quantitative estimate of drug-likeness (QED) is 0.408. The van der Waals surface area contributed by atoms with Gasteiger partial charge in [0.2, 0.25) is 0 Å². The van der Waals surface area contributed by atoms with Crippen molar-refractivity contribution in [2.45, 2.75) is 64.5 Å². The third-order valence-electron chi connectivity index (χ3n) is 4.36. The molecule has 146 valence electrons. The van der Waals surface area contributed by atoms with E-state index in [-0.39, 0.29) is 34.0 Å². The van der Waals surface area contributed by atoms with E-state index in [0.717, 1.165) is 13.1 Å². The molecule has 2 N–H and O–H groups in total. The number of nitrogens with one attached hydrogen (secondary N) is 2. The van der Waals surface area contributed by atoms with Gasteiger partial charge in [0.1, 0.15) is 0 Å². The zero-order valence-corrected chi connectivity index (χ0v) is 18.8. The number of nitrogens with zero attached hydrogens (tertiary/aromatic N) is 2. The predicted molar refractivity (Wildman–Crippen MR) is 118 cm³/mol. The molecule has 0 amide bonds. The summed E-state index contributed by atoms with van der Waals surface area (Å²) in [5.41, 5.74) is 0. The Morgan fingerprint density at radius 2 is 0.769 bits per heavy atom. The predicted octanol–water partition coefficient (Wildman–Crippen LogP) is 5.23. The molecule has 0 saturated carbocycles. The van der Waals surface area contributed by atoms with E-state index in [2.05, 4.69) is 9.13 Å². The first-order valence-corrected chi connectivity index (χ1v) is 9.15. The number of rotatable bonds is 11. The molecule has 0 atom stereocenters. The Morgan fingerprint density at radius 3 is 1.08 bits per heavy atom. The number of aromatic nitrogens is 2. The molecule has 0 aliphatic carbocycles. The largest absolute Gasteiger partial charge is 0.354 e. The average molecular weight is 488 g/mol. The van der Waals surface area contributed by atoms with E-state index in [1.54, 1.807) is 0 Å². The van der Waals surface area contributed by atoms with E-state index in [1.807, 2.05) is 49.1 Å². The van der Waals surface area contributed by atoms with Crippen LogP contribution in [0, 0.1) is 10.8 Å². The van der Waals surface area contributed by atoms with Crippen LogP contribution in [0.1, 0.15) is 51.4 Å². The zero-order chi connectivity index (χ0) is 17.0. The average Bonchev–Trinajstić information content (AvgIpc) is 2.60. The Kier molecular flexibility index (Phi) is 14.3. The van der Waals surface area contributed by atoms with Gasteiger partial charge in [-0.3, -0.25) is 0 Å². The fourth-order valence-corrected chi connectivity index (χ4v) is 2.86. The molecule has 2 rings (SSSR count). The number of hydrogen-bond acceptors (Lipinski definition) is 2. The molecule has 4 nitrogen and oxygen atoms in total. The van der Waals surface area contributed by atoms with Gasteiger partial charge in [-0.25, -0.2) is 0 Å². The SMILES string of the molecule is Br.Br.N=c1ccn(CCCCCCCCCCn2ccc(=N)cc2)cc1. The number of unbranched alkanes of at least 4 members (excludes halogenated alkanes) is 7. The molecule has 2 heterocycles. The summed E-state index contributed by atoms with van der Waals surface area (Å²) in [6.45, 7) is 2.13. The third kappa shape index (κ3) is 10.8. The summed E-state index contributed by atoms with van der Waals surface area (Å²) in [6.07, 6.45) is 18.4. The summed E-state index contributed by atoms with van der Waals surface area (Å²) in [7, 11) is 0. The molecule has 0 fully saturated rings. The van der Waals surface area contributed by atoms with Crippen LogP contribution in [0.25, 0.3) is 0 Å². The van der Waals surface area contributed by atoms with Gasteiger partial charge in [0.25, 0.3) is 0 Å². The molecule has 2 aromatic heterocycles. The van der Waals surface area contributed by atoms with Gasteiger partial charge in [-0.2, -0.15) is 0 Å². The van der Waals surface area contributed by atoms with Crippen molar-refractivity contribution >= 4 is 34.0 Å². The fraction of sp³-hybridized carbons (Fsp3) is 0.500. The Hall–Kier alpha value is -1.14. The van der Waals surface area contributed by atoms with Crippen molar-refractivity contribution in [2.75, 3.05) is 0 Å². The van der Waals surface area contributed by atoms with Gasteiger partial charge in [0.05, 0.1) is 10.7 Å². The van der Waals surface area contributed by atoms with E-state index in [1.165, 1.54) is 51.4 Å². The monoisotopic (exact) mass is 486 g/mol. The Bertz CT molecular complexity index is 607. The van der Waals surface area contributed by atoms with Gasteiger partial charge in [0.15, 0.2) is 0 Å². The maximum absolute atomic E-state index is 7.46. The molecule has 0 aliphatic rings. The molecular formula is C20H32Br2N4. The molecule has 0 aliphatic heterocycles. The Morgan fingerprint density at radius 1 is 0.500 bits per heavy atom. The van der Waals surface area contributed by atoms with Gasteiger partial charge in [-0.05, 0) is 37.1 Å². The molecule has 0 radical (unpaired) electrons. The molecule has 0 saturated heterocycles. The molecular weight excluding hydrogens is 456 g/mol. The first-order valence-electron chi connectivity index (χ1n) is 9.15. The standard InChI is InChI=1S/C20H30N4.2BrH/c21-19-9-15-23(16-10-19)13-7-5-3-1-2-4-6-8-14-24-17-11-20(22)12-18-24;;/h9-12,15-18,21-22H,1-8,13-14H2;2*1H. The van der Waals surface area contributed by atoms with Crippen LogP contribution in [0.4, 0.5) is 0 Å². The summed E-state index contributed by atoms with van der Waals surface area (Å²) in [5, 5.41) is 16.1. The van der Waals surface area contributed by atoms with E-state index in [0.29, 0.717) is 10.7 Å². The molecule has 0 bridgehead atoms. The van der Waals surface area contributed by atoms with E-state index >= 15 is 0 Å². The van der Waals surface area contributed by atoms with Gasteiger partial charge < -0.3 is 20.0 Å². The van der Waals surface area contributed by atoms with Crippen LogP contribution in [0.15, 0.2) is 49.1 Å². The summed E-state index contributed by atoms with van der Waals surface area (Å²) < 4.78 is 4.34. The maximum Gasteiger partial charge on any atom is 0.0568 e. The minimum atomic E-state index is 0. The second kappa shape index (κ2) is 15.0. The number of aryl methyl sites for hydroxylation is 2. The van der Waals surface area contributed by atoms with Crippen LogP contribution < -0.4 is 10.7 Å². The third-order valence-corrected chi connectivity index (χ3v) is 4.36. The van der Waals surface area contributed by atoms with Gasteiger partial charge in [-0.15, -0.1) is 34.0 Å². The summed E-state index contributed by atoms with van der Waals surface area (Å²) >= 11 is 0. The van der Waals surface area contributed by atoms with Crippen molar-refractivity contribution in [1.29, 1.82) is 10.8 Å². The summed E-state index contributed by atoms with van der Waals surface area (Å²) in [4.78, 5) is 0. The molecule has 0 aromatic carbocycles. The van der Waals surface area contributed by atoms with Crippen LogP contribution in [0.3, 0.4) is 0 Å². The number of hydrogen-bond donors (Lipinski definition) is 2. The molecule has 2 aromatic rings. The highest BCUT2D eigenvalue weighted by Crippen LogP contribution is 2.09. The van der Waals surface area contributed by atoms with Crippen LogP contribution in [0.2, 0.25) is 0 Å². The van der Waals surface area contributed by atoms with Crippen molar-refractivity contribution in [3.8, 4) is 0 Å². The van der Waals surface area contributed by atoms with Gasteiger partial charge in [0, 0.05) is 37.9 Å². The van der Waals surface area contributed by atoms with Crippen molar-refractivity contribution in [3.63, 3.8) is 0 Å². The lowest BCUT2D eigenvalue weighted by atomic mass is 10.1. The first-order chi connectivity index (χ1) is 11.7. The maximum atomic E-state index is 7.46. The lowest BCUT2D eigenvalue weighted by Gasteiger charge is -2.07. The second-order valence-electron chi connectivity index (χ2n) is 6.48. The molecule has 0 unspecified atom stereocenters. The highest BCUT2D eigenvalue weighted by atomic mass is 79.9. The minimum Gasteiger partial charge on any atom is -0.354 e. The van der Waals surface area contributed by atoms with E-state index < -0.39 is 0 Å². The Labute approximate surface area is 177 Å². The van der Waals surface area contributed by atoms with Crippen molar-refractivity contribution in [2.24, 2.45) is 0 Å². The molecule has 6 heteroatoms. The second-order valence-corrected chi connectivity index (χ2v) is 6.48. The minimum absolute atomic E-state index is 0. The lowest BCUT2D eigenvalue weighted by molar-refractivity contribution is 0.524. The van der Waals surface area contributed by atoms with Crippen molar-refractivity contribution < 1.29 is 0 Å². The Balaban J connectivity index is 0.00000312. The van der Waals surface area contributed by atoms with E-state index in [9.17, 15) is 0 Å². The molecule has 26 heavy (non-hydrogen) atoms. The lowest BCUT2D eigenvalue weighted by Crippen LogP contribution is -2.04. The van der Waals surface area contributed by atoms with Crippen molar-refractivity contribution in [3.05, 3.63) is 59.8 Å². The van der Waals surface area contributed by atoms with Crippen molar-refractivity contribution in [1.82, 2.24) is 9.13 Å². The highest BCUT2D eigenvalue weighted by molar-refractivity contribution is 8.93. The topological polar surface area (TPSA) is 57.6 Å². The smallest absolute Gasteiger partial charge is 0.0568 e. The highest BCUT2D eigenvalue weighted by Gasteiger charge is 1.94. The summed E-state index contributed by atoms with van der Waals surface area (Å²) in [6, 6.07) is 7.39. The number of pyridine rings is 2. The van der Waals surface area contributed by atoms with Crippen LogP contribution >= 0.6 is 34.0 Å². The van der Waals surface area contributed by atoms with Crippen LogP contribution in [-0.2, 0) is 13.1 Å². The van der Waals surface area contributed by atoms with E-state index in [4.69, 9.17) is 10.8 Å². The first kappa shape index (κ1) is 24.9. The van der Waals surface area contributed by atoms with Gasteiger partial charge in [-0.1, -0.05) is 38.5 Å². The molecule has 0 spiro atoms.